The topological polar surface area (TPSA) is 121 Å². The summed E-state index contributed by atoms with van der Waals surface area (Å²) in [5.41, 5.74) is 3.17. The van der Waals surface area contributed by atoms with Crippen LogP contribution in [0.5, 0.6) is 11.5 Å². The Kier molecular flexibility index (Phi) is 8.49. The van der Waals surface area contributed by atoms with E-state index in [9.17, 15) is 19.6 Å². The molecular formula is C29H25ClN4O5. The smallest absolute Gasteiger partial charge is 0.329 e. The minimum Gasteiger partial charge on any atom is -0.490 e. The van der Waals surface area contributed by atoms with E-state index in [1.807, 2.05) is 19.1 Å². The molecule has 3 aromatic rings. The Morgan fingerprint density at radius 3 is 2.67 bits per heavy atom. The van der Waals surface area contributed by atoms with Gasteiger partial charge in [-0.05, 0) is 61.4 Å². The molecule has 0 bridgehead atoms. The van der Waals surface area contributed by atoms with E-state index in [1.54, 1.807) is 55.5 Å². The third kappa shape index (κ3) is 6.55. The summed E-state index contributed by atoms with van der Waals surface area (Å²) < 4.78 is 11.6. The minimum atomic E-state index is -0.710. The number of nitrogens with one attached hydrogen (secondary N) is 2. The predicted molar refractivity (Wildman–Crippen MR) is 146 cm³/mol. The summed E-state index contributed by atoms with van der Waals surface area (Å²) in [6.07, 6.45) is 1.45. The second-order valence-electron chi connectivity index (χ2n) is 8.62. The quantitative estimate of drug-likeness (QED) is 0.288. The Hall–Kier alpha value is -4.81. The first-order chi connectivity index (χ1) is 18.8. The van der Waals surface area contributed by atoms with Gasteiger partial charge in [0.25, 0.3) is 5.91 Å². The summed E-state index contributed by atoms with van der Waals surface area (Å²) in [7, 11) is 0. The Balaban J connectivity index is 1.50. The molecule has 0 spiro atoms. The van der Waals surface area contributed by atoms with Crippen LogP contribution in [0.3, 0.4) is 0 Å². The number of halogens is 1. The number of nitriles is 1. The zero-order chi connectivity index (χ0) is 27.9. The van der Waals surface area contributed by atoms with Crippen LogP contribution in [0.2, 0.25) is 5.02 Å². The molecule has 10 heteroatoms. The Bertz CT molecular complexity index is 1510. The third-order valence-corrected chi connectivity index (χ3v) is 6.00. The van der Waals surface area contributed by atoms with Gasteiger partial charge in [-0.3, -0.25) is 9.59 Å². The molecule has 1 aliphatic heterocycles. The average Bonchev–Trinajstić information content (AvgIpc) is 3.15. The fraction of sp³-hybridized carbons (Fsp3) is 0.172. The molecular weight excluding hydrogens is 520 g/mol. The lowest BCUT2D eigenvalue weighted by molar-refractivity contribution is -0.127. The molecule has 0 atom stereocenters. The number of imide groups is 1. The molecule has 4 amide bonds. The fourth-order valence-electron chi connectivity index (χ4n) is 3.93. The van der Waals surface area contributed by atoms with Gasteiger partial charge in [-0.2, -0.15) is 5.26 Å². The maximum atomic E-state index is 12.9. The molecule has 0 unspecified atom stereocenters. The van der Waals surface area contributed by atoms with Gasteiger partial charge in [0.05, 0.1) is 23.3 Å². The van der Waals surface area contributed by atoms with Crippen LogP contribution in [-0.2, 0) is 16.2 Å². The monoisotopic (exact) mass is 544 g/mol. The normalized spacial score (nSPS) is 13.7. The standard InChI is InChI=1S/C29H25ClN4O5/c1-3-38-25-14-19(12-23(30)27(25)39-17-21-9-5-4-8-20(21)15-31)13-24-28(36)34(29(37)33-24)16-26(35)32-22-10-6-7-18(2)11-22/h4-14H,3,16-17H2,1-2H3,(H,32,35)(H,33,37)/b24-13+. The molecule has 2 N–H and O–H groups in total. The summed E-state index contributed by atoms with van der Waals surface area (Å²) in [6, 6.07) is 18.8. The number of nitrogens with zero attached hydrogens (tertiary/aromatic N) is 2. The molecule has 4 rings (SSSR count). The van der Waals surface area contributed by atoms with Crippen LogP contribution in [0.1, 0.15) is 29.2 Å². The van der Waals surface area contributed by atoms with E-state index >= 15 is 0 Å². The maximum absolute atomic E-state index is 12.9. The van der Waals surface area contributed by atoms with Crippen molar-refractivity contribution in [2.75, 3.05) is 18.5 Å². The van der Waals surface area contributed by atoms with E-state index in [1.165, 1.54) is 6.08 Å². The molecule has 0 aliphatic carbocycles. The number of ether oxygens (including phenoxy) is 2. The summed E-state index contributed by atoms with van der Waals surface area (Å²) in [4.78, 5) is 38.7. The second-order valence-corrected chi connectivity index (χ2v) is 9.02. The number of amides is 4. The zero-order valence-electron chi connectivity index (χ0n) is 21.3. The molecule has 3 aromatic carbocycles. The van der Waals surface area contributed by atoms with Crippen molar-refractivity contribution < 1.29 is 23.9 Å². The van der Waals surface area contributed by atoms with Crippen molar-refractivity contribution in [1.29, 1.82) is 5.26 Å². The van der Waals surface area contributed by atoms with Gasteiger partial charge in [0, 0.05) is 11.3 Å². The van der Waals surface area contributed by atoms with Gasteiger partial charge in [-0.1, -0.05) is 41.9 Å². The van der Waals surface area contributed by atoms with Gasteiger partial charge >= 0.3 is 6.03 Å². The van der Waals surface area contributed by atoms with E-state index < -0.39 is 24.4 Å². The van der Waals surface area contributed by atoms with Crippen molar-refractivity contribution >= 4 is 41.2 Å². The third-order valence-electron chi connectivity index (χ3n) is 5.72. The molecule has 0 aromatic heterocycles. The summed E-state index contributed by atoms with van der Waals surface area (Å²) in [5, 5.41) is 14.7. The highest BCUT2D eigenvalue weighted by Gasteiger charge is 2.35. The Labute approximate surface area is 230 Å². The highest BCUT2D eigenvalue weighted by molar-refractivity contribution is 6.32. The summed E-state index contributed by atoms with van der Waals surface area (Å²) >= 11 is 6.51. The van der Waals surface area contributed by atoms with Crippen LogP contribution in [-0.4, -0.2) is 35.9 Å². The fourth-order valence-corrected chi connectivity index (χ4v) is 4.20. The van der Waals surface area contributed by atoms with E-state index in [0.717, 1.165) is 10.5 Å². The molecule has 0 saturated carbocycles. The van der Waals surface area contributed by atoms with Crippen LogP contribution < -0.4 is 20.1 Å². The van der Waals surface area contributed by atoms with Crippen LogP contribution in [0.25, 0.3) is 6.08 Å². The lowest BCUT2D eigenvalue weighted by Crippen LogP contribution is -2.38. The van der Waals surface area contributed by atoms with Crippen LogP contribution in [0.4, 0.5) is 10.5 Å². The van der Waals surface area contributed by atoms with Crippen molar-refractivity contribution in [3.63, 3.8) is 0 Å². The number of hydrogen-bond donors (Lipinski definition) is 2. The van der Waals surface area contributed by atoms with E-state index in [4.69, 9.17) is 21.1 Å². The number of carbonyl (C=O) groups excluding carboxylic acids is 3. The predicted octanol–water partition coefficient (Wildman–Crippen LogP) is 5.03. The Morgan fingerprint density at radius 1 is 1.13 bits per heavy atom. The average molecular weight is 545 g/mol. The van der Waals surface area contributed by atoms with Gasteiger partial charge in [0.15, 0.2) is 11.5 Å². The largest absolute Gasteiger partial charge is 0.490 e. The van der Waals surface area contributed by atoms with E-state index in [0.29, 0.717) is 34.7 Å². The lowest BCUT2D eigenvalue weighted by atomic mass is 10.1. The Morgan fingerprint density at radius 2 is 1.92 bits per heavy atom. The molecule has 39 heavy (non-hydrogen) atoms. The number of rotatable bonds is 9. The van der Waals surface area contributed by atoms with Crippen molar-refractivity contribution in [1.82, 2.24) is 10.2 Å². The minimum absolute atomic E-state index is 0.0153. The van der Waals surface area contributed by atoms with Crippen molar-refractivity contribution in [2.24, 2.45) is 0 Å². The number of urea groups is 1. The molecule has 0 radical (unpaired) electrons. The van der Waals surface area contributed by atoms with Gasteiger partial charge in [-0.15, -0.1) is 0 Å². The molecule has 9 nitrogen and oxygen atoms in total. The van der Waals surface area contributed by atoms with E-state index in [2.05, 4.69) is 16.7 Å². The van der Waals surface area contributed by atoms with Crippen molar-refractivity contribution in [3.05, 3.63) is 93.6 Å². The summed E-state index contributed by atoms with van der Waals surface area (Å²) in [5.74, 6) is -0.546. The number of hydrogen-bond acceptors (Lipinski definition) is 6. The maximum Gasteiger partial charge on any atom is 0.329 e. The molecule has 198 valence electrons. The van der Waals surface area contributed by atoms with Crippen LogP contribution >= 0.6 is 11.6 Å². The van der Waals surface area contributed by atoms with Crippen molar-refractivity contribution in [3.8, 4) is 17.6 Å². The van der Waals surface area contributed by atoms with Gasteiger partial charge < -0.3 is 20.1 Å². The molecule has 1 aliphatic rings. The lowest BCUT2D eigenvalue weighted by Gasteiger charge is -2.15. The van der Waals surface area contributed by atoms with Gasteiger partial charge in [0.1, 0.15) is 18.8 Å². The highest BCUT2D eigenvalue weighted by atomic mass is 35.5. The number of carbonyl (C=O) groups is 3. The number of benzene rings is 3. The molecule has 1 heterocycles. The molecule has 1 fully saturated rings. The zero-order valence-corrected chi connectivity index (χ0v) is 22.0. The summed E-state index contributed by atoms with van der Waals surface area (Å²) in [6.45, 7) is 3.66. The van der Waals surface area contributed by atoms with E-state index in [-0.39, 0.29) is 23.1 Å². The first kappa shape index (κ1) is 27.2. The SMILES string of the molecule is CCOc1cc(/C=C2/NC(=O)N(CC(=O)Nc3cccc(C)c3)C2=O)cc(Cl)c1OCc1ccccc1C#N. The highest BCUT2D eigenvalue weighted by Crippen LogP contribution is 2.38. The van der Waals surface area contributed by atoms with Crippen LogP contribution in [0, 0.1) is 18.3 Å². The molecule has 1 saturated heterocycles. The first-order valence-corrected chi connectivity index (χ1v) is 12.4. The van der Waals surface area contributed by atoms with Gasteiger partial charge in [0.2, 0.25) is 5.91 Å². The second kappa shape index (κ2) is 12.2. The number of aryl methyl sites for hydroxylation is 1. The van der Waals surface area contributed by atoms with Crippen molar-refractivity contribution in [2.45, 2.75) is 20.5 Å². The van der Waals surface area contributed by atoms with Gasteiger partial charge in [-0.25, -0.2) is 9.69 Å². The first-order valence-electron chi connectivity index (χ1n) is 12.1. The van der Waals surface area contributed by atoms with Crippen LogP contribution in [0.15, 0.2) is 66.4 Å². The number of anilines is 1.